The van der Waals surface area contributed by atoms with Crippen LogP contribution in [-0.2, 0) is 15.1 Å². The standard InChI is InChI=1S/C17H24FNO2/c1-4-21-16(20)12-17(3,19-9-5-6-10-19)14-8-7-13(2)15(18)11-14/h7-8,11H,4-6,9-10,12H2,1-3H3. The van der Waals surface area contributed by atoms with Crippen LogP contribution in [0.5, 0.6) is 0 Å². The van der Waals surface area contributed by atoms with Crippen LogP contribution >= 0.6 is 0 Å². The highest BCUT2D eigenvalue weighted by Gasteiger charge is 2.38. The van der Waals surface area contributed by atoms with Crippen LogP contribution in [-0.4, -0.2) is 30.6 Å². The molecule has 0 aliphatic carbocycles. The first-order chi connectivity index (χ1) is 9.97. The molecule has 0 spiro atoms. The predicted molar refractivity (Wildman–Crippen MR) is 80.5 cm³/mol. The second-order valence-corrected chi connectivity index (χ2v) is 5.91. The van der Waals surface area contributed by atoms with Crippen molar-refractivity contribution in [3.63, 3.8) is 0 Å². The third-order valence-corrected chi connectivity index (χ3v) is 4.39. The summed E-state index contributed by atoms with van der Waals surface area (Å²) < 4.78 is 19.1. The molecule has 1 aliphatic heterocycles. The minimum Gasteiger partial charge on any atom is -0.466 e. The number of carbonyl (C=O) groups is 1. The van der Waals surface area contributed by atoms with E-state index in [0.29, 0.717) is 12.2 Å². The van der Waals surface area contributed by atoms with Gasteiger partial charge < -0.3 is 4.74 Å². The van der Waals surface area contributed by atoms with Crippen LogP contribution < -0.4 is 0 Å². The number of rotatable bonds is 5. The van der Waals surface area contributed by atoms with E-state index in [9.17, 15) is 9.18 Å². The minimum absolute atomic E-state index is 0.221. The van der Waals surface area contributed by atoms with Crippen LogP contribution in [0.1, 0.15) is 44.2 Å². The lowest BCUT2D eigenvalue weighted by molar-refractivity contribution is -0.146. The maximum Gasteiger partial charge on any atom is 0.307 e. The van der Waals surface area contributed by atoms with E-state index in [2.05, 4.69) is 4.90 Å². The van der Waals surface area contributed by atoms with Gasteiger partial charge in [0.1, 0.15) is 5.82 Å². The summed E-state index contributed by atoms with van der Waals surface area (Å²) in [5.74, 6) is -0.449. The Labute approximate surface area is 126 Å². The molecule has 0 N–H and O–H groups in total. The molecule has 3 nitrogen and oxygen atoms in total. The van der Waals surface area contributed by atoms with Crippen molar-refractivity contribution in [3.05, 3.63) is 35.1 Å². The zero-order chi connectivity index (χ0) is 15.5. The average molecular weight is 293 g/mol. The zero-order valence-corrected chi connectivity index (χ0v) is 13.1. The maximum atomic E-state index is 13.9. The Kier molecular flexibility index (Phi) is 4.99. The van der Waals surface area contributed by atoms with E-state index >= 15 is 0 Å². The first-order valence-corrected chi connectivity index (χ1v) is 7.64. The van der Waals surface area contributed by atoms with Crippen molar-refractivity contribution in [2.45, 2.75) is 45.6 Å². The Morgan fingerprint density at radius 1 is 1.38 bits per heavy atom. The van der Waals surface area contributed by atoms with Crippen LogP contribution in [0.15, 0.2) is 18.2 Å². The molecule has 0 amide bonds. The summed E-state index contributed by atoms with van der Waals surface area (Å²) in [5.41, 5.74) is 0.969. The monoisotopic (exact) mass is 293 g/mol. The van der Waals surface area contributed by atoms with Gasteiger partial charge in [-0.15, -0.1) is 0 Å². The first-order valence-electron chi connectivity index (χ1n) is 7.64. The van der Waals surface area contributed by atoms with Gasteiger partial charge in [0.15, 0.2) is 0 Å². The van der Waals surface area contributed by atoms with Gasteiger partial charge in [0.2, 0.25) is 0 Å². The molecule has 0 saturated carbocycles. The number of halogens is 1. The smallest absolute Gasteiger partial charge is 0.307 e. The van der Waals surface area contributed by atoms with E-state index in [1.165, 1.54) is 0 Å². The predicted octanol–water partition coefficient (Wildman–Crippen LogP) is 3.40. The van der Waals surface area contributed by atoms with Crippen molar-refractivity contribution in [2.75, 3.05) is 19.7 Å². The van der Waals surface area contributed by atoms with Crippen LogP contribution in [0.25, 0.3) is 0 Å². The number of esters is 1. The van der Waals surface area contributed by atoms with Crippen molar-refractivity contribution in [3.8, 4) is 0 Å². The third kappa shape index (κ3) is 3.43. The maximum absolute atomic E-state index is 13.9. The molecule has 4 heteroatoms. The summed E-state index contributed by atoms with van der Waals surface area (Å²) in [4.78, 5) is 14.3. The lowest BCUT2D eigenvalue weighted by Crippen LogP contribution is -2.44. The molecule has 2 rings (SSSR count). The Balaban J connectivity index is 2.34. The Morgan fingerprint density at radius 2 is 2.05 bits per heavy atom. The molecule has 1 saturated heterocycles. The van der Waals surface area contributed by atoms with Crippen molar-refractivity contribution in [1.82, 2.24) is 4.90 Å². The number of aryl methyl sites for hydroxylation is 1. The van der Waals surface area contributed by atoms with Gasteiger partial charge in [0, 0.05) is 0 Å². The molecule has 0 bridgehead atoms. The van der Waals surface area contributed by atoms with E-state index in [1.54, 1.807) is 26.0 Å². The SMILES string of the molecule is CCOC(=O)CC(C)(c1ccc(C)c(F)c1)N1CCCC1. The lowest BCUT2D eigenvalue weighted by Gasteiger charge is -2.38. The van der Waals surface area contributed by atoms with Gasteiger partial charge in [-0.05, 0) is 63.9 Å². The van der Waals surface area contributed by atoms with E-state index in [-0.39, 0.29) is 18.2 Å². The van der Waals surface area contributed by atoms with E-state index < -0.39 is 5.54 Å². The molecular weight excluding hydrogens is 269 g/mol. The number of ether oxygens (including phenoxy) is 1. The van der Waals surface area contributed by atoms with E-state index in [4.69, 9.17) is 4.74 Å². The summed E-state index contributed by atoms with van der Waals surface area (Å²) in [6.07, 6.45) is 2.49. The topological polar surface area (TPSA) is 29.5 Å². The number of benzene rings is 1. The molecular formula is C17H24FNO2. The van der Waals surface area contributed by atoms with Crippen LogP contribution in [0.3, 0.4) is 0 Å². The summed E-state index contributed by atoms with van der Waals surface area (Å²) in [7, 11) is 0. The summed E-state index contributed by atoms with van der Waals surface area (Å²) in [6.45, 7) is 7.81. The highest BCUT2D eigenvalue weighted by Crippen LogP contribution is 2.35. The molecule has 1 atom stereocenters. The van der Waals surface area contributed by atoms with Crippen molar-refractivity contribution in [1.29, 1.82) is 0 Å². The summed E-state index contributed by atoms with van der Waals surface area (Å²) in [5, 5.41) is 0. The quantitative estimate of drug-likeness (QED) is 0.779. The zero-order valence-electron chi connectivity index (χ0n) is 13.1. The number of hydrogen-bond donors (Lipinski definition) is 0. The van der Waals surface area contributed by atoms with Gasteiger partial charge in [-0.3, -0.25) is 9.69 Å². The van der Waals surface area contributed by atoms with Crippen molar-refractivity contribution < 1.29 is 13.9 Å². The summed E-state index contributed by atoms with van der Waals surface area (Å²) in [6, 6.07) is 5.27. The molecule has 0 aromatic heterocycles. The molecule has 1 fully saturated rings. The van der Waals surface area contributed by atoms with Crippen LogP contribution in [0.2, 0.25) is 0 Å². The second-order valence-electron chi connectivity index (χ2n) is 5.91. The molecule has 1 aromatic carbocycles. The number of likely N-dealkylation sites (tertiary alicyclic amines) is 1. The highest BCUT2D eigenvalue weighted by molar-refractivity contribution is 5.71. The van der Waals surface area contributed by atoms with E-state index in [1.807, 2.05) is 13.0 Å². The fraction of sp³-hybridized carbons (Fsp3) is 0.588. The average Bonchev–Trinajstić information content (AvgIpc) is 2.96. The van der Waals surface area contributed by atoms with Gasteiger partial charge in [-0.1, -0.05) is 12.1 Å². The van der Waals surface area contributed by atoms with Crippen molar-refractivity contribution >= 4 is 5.97 Å². The fourth-order valence-corrected chi connectivity index (χ4v) is 3.03. The Bertz CT molecular complexity index is 512. The highest BCUT2D eigenvalue weighted by atomic mass is 19.1. The van der Waals surface area contributed by atoms with Crippen LogP contribution in [0.4, 0.5) is 4.39 Å². The molecule has 1 aliphatic rings. The van der Waals surface area contributed by atoms with E-state index in [0.717, 1.165) is 31.5 Å². The van der Waals surface area contributed by atoms with Gasteiger partial charge in [0.05, 0.1) is 18.6 Å². The largest absolute Gasteiger partial charge is 0.466 e. The first kappa shape index (κ1) is 16.0. The normalized spacial score (nSPS) is 18.5. The number of nitrogens with zero attached hydrogens (tertiary/aromatic N) is 1. The fourth-order valence-electron chi connectivity index (χ4n) is 3.03. The molecule has 116 valence electrons. The number of carbonyl (C=O) groups excluding carboxylic acids is 1. The van der Waals surface area contributed by atoms with Gasteiger partial charge in [0.25, 0.3) is 0 Å². The Morgan fingerprint density at radius 3 is 2.62 bits per heavy atom. The molecule has 21 heavy (non-hydrogen) atoms. The lowest BCUT2D eigenvalue weighted by atomic mass is 9.86. The second kappa shape index (κ2) is 6.56. The minimum atomic E-state index is -0.503. The number of hydrogen-bond acceptors (Lipinski definition) is 3. The molecule has 1 heterocycles. The Hall–Kier alpha value is -1.42. The van der Waals surface area contributed by atoms with Crippen LogP contribution in [0, 0.1) is 12.7 Å². The summed E-state index contributed by atoms with van der Waals surface area (Å²) >= 11 is 0. The molecule has 0 radical (unpaired) electrons. The third-order valence-electron chi connectivity index (χ3n) is 4.39. The van der Waals surface area contributed by atoms with Gasteiger partial charge in [-0.25, -0.2) is 4.39 Å². The molecule has 1 aromatic rings. The van der Waals surface area contributed by atoms with Crippen molar-refractivity contribution in [2.24, 2.45) is 0 Å². The van der Waals surface area contributed by atoms with Gasteiger partial charge >= 0.3 is 5.97 Å². The molecule has 1 unspecified atom stereocenters. The van der Waals surface area contributed by atoms with Gasteiger partial charge in [-0.2, -0.15) is 0 Å².